The third-order valence-corrected chi connectivity index (χ3v) is 3.50. The van der Waals surface area contributed by atoms with Crippen molar-refractivity contribution >= 4 is 37.8 Å². The number of halogens is 3. The summed E-state index contributed by atoms with van der Waals surface area (Å²) in [6.45, 7) is 0.413. The first-order chi connectivity index (χ1) is 8.08. The number of carbonyl (C=O) groups excluding carboxylic acids is 1. The minimum atomic E-state index is -0.387. The number of hydrogen-bond acceptors (Lipinski definition) is 2. The topological polar surface area (TPSA) is 38.3 Å². The molecule has 1 unspecified atom stereocenters. The summed E-state index contributed by atoms with van der Waals surface area (Å²) in [5.41, 5.74) is 0.397. The molecule has 1 N–H and O–H groups in total. The van der Waals surface area contributed by atoms with Gasteiger partial charge in [0.1, 0.15) is 5.82 Å². The number of benzene rings is 1. The van der Waals surface area contributed by atoms with Crippen LogP contribution in [0.5, 0.6) is 0 Å². The molecular formula is C11H12Br2FNO2. The number of rotatable bonds is 5. The summed E-state index contributed by atoms with van der Waals surface area (Å²) in [7, 11) is 1.57. The molecule has 0 aliphatic heterocycles. The van der Waals surface area contributed by atoms with Crippen LogP contribution in [0.1, 0.15) is 10.4 Å². The van der Waals surface area contributed by atoms with Gasteiger partial charge >= 0.3 is 0 Å². The molecule has 0 aromatic heterocycles. The van der Waals surface area contributed by atoms with E-state index in [0.717, 1.165) is 0 Å². The van der Waals surface area contributed by atoms with Gasteiger partial charge in [-0.05, 0) is 34.1 Å². The maximum Gasteiger partial charge on any atom is 0.252 e. The maximum absolute atomic E-state index is 12.9. The molecule has 0 bridgehead atoms. The number of nitrogens with one attached hydrogen (secondary N) is 1. The summed E-state index contributed by atoms with van der Waals surface area (Å²) in [6.07, 6.45) is 0. The van der Waals surface area contributed by atoms with E-state index >= 15 is 0 Å². The molecule has 3 nitrogen and oxygen atoms in total. The fraction of sp³-hybridized carbons (Fsp3) is 0.364. The van der Waals surface area contributed by atoms with Crippen molar-refractivity contribution in [2.45, 2.75) is 6.04 Å². The van der Waals surface area contributed by atoms with Crippen LogP contribution in [0.3, 0.4) is 0 Å². The SMILES string of the molecule is COCC(CBr)NC(=O)c1ccc(F)cc1Br. The average molecular weight is 369 g/mol. The van der Waals surface area contributed by atoms with Crippen molar-refractivity contribution in [1.82, 2.24) is 5.32 Å². The smallest absolute Gasteiger partial charge is 0.252 e. The molecule has 1 aromatic rings. The van der Waals surface area contributed by atoms with Gasteiger partial charge in [-0.1, -0.05) is 15.9 Å². The summed E-state index contributed by atoms with van der Waals surface area (Å²) < 4.78 is 18.3. The van der Waals surface area contributed by atoms with Gasteiger partial charge in [0.05, 0.1) is 18.2 Å². The number of carbonyl (C=O) groups is 1. The van der Waals surface area contributed by atoms with Crippen LogP contribution in [-0.2, 0) is 4.74 Å². The fourth-order valence-electron chi connectivity index (χ4n) is 1.26. The lowest BCUT2D eigenvalue weighted by atomic mass is 10.2. The molecule has 17 heavy (non-hydrogen) atoms. The molecule has 0 saturated heterocycles. The van der Waals surface area contributed by atoms with Gasteiger partial charge in [0.2, 0.25) is 0 Å². The van der Waals surface area contributed by atoms with Gasteiger partial charge in [-0.25, -0.2) is 4.39 Å². The van der Waals surface area contributed by atoms with Crippen LogP contribution in [0.4, 0.5) is 4.39 Å². The Hall–Kier alpha value is -0.460. The Morgan fingerprint density at radius 2 is 2.29 bits per heavy atom. The van der Waals surface area contributed by atoms with Crippen LogP contribution >= 0.6 is 31.9 Å². The maximum atomic E-state index is 12.9. The molecule has 0 heterocycles. The second kappa shape index (κ2) is 7.08. The molecule has 94 valence electrons. The van der Waals surface area contributed by atoms with E-state index < -0.39 is 0 Å². The van der Waals surface area contributed by atoms with Gasteiger partial charge in [0, 0.05) is 16.9 Å². The van der Waals surface area contributed by atoms with Crippen LogP contribution in [0, 0.1) is 5.82 Å². The molecular weight excluding hydrogens is 357 g/mol. The average Bonchev–Trinajstić information content (AvgIpc) is 2.28. The predicted octanol–water partition coefficient (Wildman–Crippen LogP) is 2.73. The number of ether oxygens (including phenoxy) is 1. The summed E-state index contributed by atoms with van der Waals surface area (Å²) in [5, 5.41) is 3.37. The second-order valence-corrected chi connectivity index (χ2v) is 4.91. The third-order valence-electron chi connectivity index (χ3n) is 2.07. The largest absolute Gasteiger partial charge is 0.383 e. The first-order valence-electron chi connectivity index (χ1n) is 4.89. The van der Waals surface area contributed by atoms with Crippen molar-refractivity contribution < 1.29 is 13.9 Å². The number of hydrogen-bond donors (Lipinski definition) is 1. The van der Waals surface area contributed by atoms with Crippen molar-refractivity contribution in [1.29, 1.82) is 0 Å². The Balaban J connectivity index is 2.75. The summed E-state index contributed by atoms with van der Waals surface area (Å²) in [6, 6.07) is 3.82. The van der Waals surface area contributed by atoms with Crippen molar-refractivity contribution in [3.05, 3.63) is 34.1 Å². The van der Waals surface area contributed by atoms with E-state index in [1.54, 1.807) is 7.11 Å². The van der Waals surface area contributed by atoms with Crippen LogP contribution < -0.4 is 5.32 Å². The molecule has 1 rings (SSSR count). The van der Waals surface area contributed by atoms with Crippen LogP contribution in [-0.4, -0.2) is 31.0 Å². The van der Waals surface area contributed by atoms with Crippen molar-refractivity contribution in [3.63, 3.8) is 0 Å². The zero-order chi connectivity index (χ0) is 12.8. The van der Waals surface area contributed by atoms with Gasteiger partial charge in [-0.2, -0.15) is 0 Å². The predicted molar refractivity (Wildman–Crippen MR) is 71.0 cm³/mol. The van der Waals surface area contributed by atoms with E-state index in [-0.39, 0.29) is 17.8 Å². The normalized spacial score (nSPS) is 12.2. The van der Waals surface area contributed by atoms with E-state index in [9.17, 15) is 9.18 Å². The quantitative estimate of drug-likeness (QED) is 0.811. The van der Waals surface area contributed by atoms with Gasteiger partial charge in [0.15, 0.2) is 0 Å². The molecule has 6 heteroatoms. The first kappa shape index (κ1) is 14.6. The number of methoxy groups -OCH3 is 1. The fourth-order valence-corrected chi connectivity index (χ4v) is 2.14. The van der Waals surface area contributed by atoms with Crippen molar-refractivity contribution in [2.75, 3.05) is 19.0 Å². The minimum Gasteiger partial charge on any atom is -0.383 e. The van der Waals surface area contributed by atoms with Crippen molar-refractivity contribution in [2.24, 2.45) is 0 Å². The zero-order valence-electron chi connectivity index (χ0n) is 9.17. The monoisotopic (exact) mass is 367 g/mol. The highest BCUT2D eigenvalue weighted by molar-refractivity contribution is 9.10. The third kappa shape index (κ3) is 4.37. The molecule has 0 spiro atoms. The van der Waals surface area contributed by atoms with Crippen LogP contribution in [0.25, 0.3) is 0 Å². The first-order valence-corrected chi connectivity index (χ1v) is 6.80. The van der Waals surface area contributed by atoms with Gasteiger partial charge in [0.25, 0.3) is 5.91 Å². The summed E-state index contributed by atoms with van der Waals surface area (Å²) >= 11 is 6.44. The lowest BCUT2D eigenvalue weighted by Gasteiger charge is -2.15. The molecule has 1 amide bonds. The Morgan fingerprint density at radius 1 is 1.59 bits per heavy atom. The lowest BCUT2D eigenvalue weighted by molar-refractivity contribution is 0.0907. The highest BCUT2D eigenvalue weighted by Crippen LogP contribution is 2.18. The van der Waals surface area contributed by atoms with Crippen LogP contribution in [0.15, 0.2) is 22.7 Å². The lowest BCUT2D eigenvalue weighted by Crippen LogP contribution is -2.39. The zero-order valence-corrected chi connectivity index (χ0v) is 12.3. The molecule has 0 fully saturated rings. The molecule has 0 aliphatic carbocycles. The van der Waals surface area contributed by atoms with Crippen LogP contribution in [0.2, 0.25) is 0 Å². The Morgan fingerprint density at radius 3 is 2.82 bits per heavy atom. The van der Waals surface area contributed by atoms with Gasteiger partial charge in [-0.15, -0.1) is 0 Å². The van der Waals surface area contributed by atoms with Gasteiger partial charge in [-0.3, -0.25) is 4.79 Å². The molecule has 0 saturated carbocycles. The highest BCUT2D eigenvalue weighted by atomic mass is 79.9. The van der Waals surface area contributed by atoms with E-state index in [1.165, 1.54) is 18.2 Å². The highest BCUT2D eigenvalue weighted by Gasteiger charge is 2.15. The second-order valence-electron chi connectivity index (χ2n) is 3.40. The Labute approximate surface area is 116 Å². The van der Waals surface area contributed by atoms with E-state index in [4.69, 9.17) is 4.74 Å². The molecule has 1 atom stereocenters. The Bertz CT molecular complexity index is 401. The van der Waals surface area contributed by atoms with E-state index in [2.05, 4.69) is 37.2 Å². The summed E-state index contributed by atoms with van der Waals surface area (Å²) in [5.74, 6) is -0.652. The molecule has 0 aliphatic rings. The number of amides is 1. The van der Waals surface area contributed by atoms with Crippen molar-refractivity contribution in [3.8, 4) is 0 Å². The minimum absolute atomic E-state index is 0.121. The summed E-state index contributed by atoms with van der Waals surface area (Å²) in [4.78, 5) is 11.9. The Kier molecular flexibility index (Phi) is 6.08. The van der Waals surface area contributed by atoms with Gasteiger partial charge < -0.3 is 10.1 Å². The standard InChI is InChI=1S/C11H12Br2FNO2/c1-17-6-8(5-12)15-11(16)9-3-2-7(14)4-10(9)13/h2-4,8H,5-6H2,1H3,(H,15,16). The van der Waals surface area contributed by atoms with E-state index in [1.807, 2.05) is 0 Å². The van der Waals surface area contributed by atoms with E-state index in [0.29, 0.717) is 22.0 Å². The molecule has 1 aromatic carbocycles. The molecule has 0 radical (unpaired) electrons. The number of alkyl halides is 1.